The van der Waals surface area contributed by atoms with Gasteiger partial charge >= 0.3 is 192 Å². The number of hydrogen-bond acceptors (Lipinski definition) is 0. The van der Waals surface area contributed by atoms with Gasteiger partial charge in [0.2, 0.25) is 0 Å². The van der Waals surface area contributed by atoms with Gasteiger partial charge < -0.3 is 24.8 Å². The van der Waals surface area contributed by atoms with Gasteiger partial charge in [-0.3, -0.25) is 0 Å². The number of allylic oxidation sites excluding steroid dienone is 4. The molecule has 3 aliphatic rings. The molecule has 32 heavy (non-hydrogen) atoms. The molecule has 0 saturated carbocycles. The van der Waals surface area contributed by atoms with Gasteiger partial charge in [0.25, 0.3) is 0 Å². The molecule has 0 bridgehead atoms. The van der Waals surface area contributed by atoms with Crippen molar-refractivity contribution in [2.45, 2.75) is 74.5 Å². The number of rotatable bonds is 2. The van der Waals surface area contributed by atoms with Crippen molar-refractivity contribution >= 4 is 5.43 Å². The van der Waals surface area contributed by atoms with E-state index in [2.05, 4.69) is 96.2 Å². The molecule has 0 aromatic heterocycles. The van der Waals surface area contributed by atoms with Crippen LogP contribution in [0.2, 0.25) is 12.1 Å². The molecule has 0 unspecified atom stereocenters. The summed E-state index contributed by atoms with van der Waals surface area (Å²) >= 11 is -1.72. The van der Waals surface area contributed by atoms with E-state index in [4.69, 9.17) is 0 Å². The Hall–Kier alpha value is -0.400. The SMILES string of the molecule is CC(C)(C)c1ccc2c(c1)-c1cc(C(C)(C)C)ccc1[CH]2[Zr+2]([C]1=CC=CC1)=[Si]1CC1.[Cl-].[Cl-]. The van der Waals surface area contributed by atoms with E-state index in [1.165, 1.54) is 17.5 Å². The maximum absolute atomic E-state index is 2.55. The van der Waals surface area contributed by atoms with E-state index in [-0.39, 0.29) is 41.1 Å². The summed E-state index contributed by atoms with van der Waals surface area (Å²) in [7, 11) is 0. The second-order valence-electron chi connectivity index (χ2n) is 11.4. The van der Waals surface area contributed by atoms with Gasteiger partial charge in [0.15, 0.2) is 0 Å². The Balaban J connectivity index is 0.00000144. The van der Waals surface area contributed by atoms with Gasteiger partial charge in [-0.15, -0.1) is 0 Å². The Bertz CT molecular complexity index is 1070. The van der Waals surface area contributed by atoms with E-state index in [1.807, 2.05) is 3.28 Å². The van der Waals surface area contributed by atoms with Crippen LogP contribution in [0.5, 0.6) is 0 Å². The standard InChI is InChI=1S/C21H25.C5H5.C2H4Si.2ClH.Zr/c1-20(2,3)16-9-7-14-11-15-8-10-17(21(4,5)6)13-19(15)18(14)12-16;1-2-4-5-3-1;1-2-3-1;;;/h7-13H,1-6H3;1-3H,4H2;1-2H2;2*1H;/q;;;;;+2/p-2. The Kier molecular flexibility index (Phi) is 7.64. The average Bonchev–Trinajstić information content (AvgIpc) is 3.26. The first-order valence-electron chi connectivity index (χ1n) is 11.5. The van der Waals surface area contributed by atoms with Crippen molar-refractivity contribution in [3.8, 4) is 11.1 Å². The molecule has 5 rings (SSSR count). The van der Waals surface area contributed by atoms with Crippen LogP contribution in [0.4, 0.5) is 0 Å². The summed E-state index contributed by atoms with van der Waals surface area (Å²) in [5, 5.41) is 0. The summed E-state index contributed by atoms with van der Waals surface area (Å²) < 4.78 is 2.65. The molecule has 0 N–H and O–H groups in total. The van der Waals surface area contributed by atoms with Crippen LogP contribution >= 0.6 is 0 Å². The number of halogens is 2. The zero-order valence-electron chi connectivity index (χ0n) is 20.2. The van der Waals surface area contributed by atoms with Gasteiger partial charge in [0.05, 0.1) is 0 Å². The van der Waals surface area contributed by atoms with Crippen molar-refractivity contribution < 1.29 is 45.2 Å². The van der Waals surface area contributed by atoms with Crippen LogP contribution in [0, 0.1) is 0 Å². The smallest absolute Gasteiger partial charge is 1.00 e. The zero-order chi connectivity index (χ0) is 21.3. The molecular weight excluding hydrogens is 527 g/mol. The Morgan fingerprint density at radius 1 is 0.781 bits per heavy atom. The molecule has 168 valence electrons. The summed E-state index contributed by atoms with van der Waals surface area (Å²) in [6.07, 6.45) is 8.52. The van der Waals surface area contributed by atoms with Crippen LogP contribution in [0.3, 0.4) is 0 Å². The minimum Gasteiger partial charge on any atom is -1.00 e. The van der Waals surface area contributed by atoms with E-state index in [0.29, 0.717) is 0 Å². The van der Waals surface area contributed by atoms with Crippen molar-refractivity contribution in [2.75, 3.05) is 0 Å². The van der Waals surface area contributed by atoms with Crippen LogP contribution in [0.15, 0.2) is 57.9 Å². The predicted octanol–water partition coefficient (Wildman–Crippen LogP) is 1.83. The van der Waals surface area contributed by atoms with Crippen molar-refractivity contribution in [2.24, 2.45) is 0 Å². The molecule has 2 aliphatic carbocycles. The fraction of sp³-hybridized carbons (Fsp3) is 0.429. The quantitative estimate of drug-likeness (QED) is 0.492. The van der Waals surface area contributed by atoms with Crippen molar-refractivity contribution in [3.63, 3.8) is 0 Å². The summed E-state index contributed by atoms with van der Waals surface area (Å²) in [5.74, 6) is 0. The van der Waals surface area contributed by atoms with Crippen molar-refractivity contribution in [3.05, 3.63) is 80.2 Å². The second kappa shape index (κ2) is 9.33. The van der Waals surface area contributed by atoms with E-state index >= 15 is 0 Å². The predicted molar refractivity (Wildman–Crippen MR) is 128 cm³/mol. The van der Waals surface area contributed by atoms with Crippen LogP contribution < -0.4 is 24.8 Å². The van der Waals surface area contributed by atoms with E-state index in [0.717, 1.165) is 3.63 Å². The molecule has 2 aromatic carbocycles. The molecule has 1 heterocycles. The first-order valence-corrected chi connectivity index (χ1v) is 19.8. The van der Waals surface area contributed by atoms with Crippen LogP contribution in [0.25, 0.3) is 11.1 Å². The minimum atomic E-state index is -1.72. The average molecular weight is 561 g/mol. The summed E-state index contributed by atoms with van der Waals surface area (Å²) in [6, 6.07) is 18.2. The molecule has 0 nitrogen and oxygen atoms in total. The molecule has 2 aromatic rings. The molecule has 0 radical (unpaired) electrons. The van der Waals surface area contributed by atoms with Gasteiger partial charge in [-0.1, -0.05) is 0 Å². The monoisotopic (exact) mass is 558 g/mol. The second-order valence-corrected chi connectivity index (χ2v) is 27.0. The normalized spacial score (nSPS) is 16.4. The zero-order valence-corrected chi connectivity index (χ0v) is 25.1. The van der Waals surface area contributed by atoms with Gasteiger partial charge in [0.1, 0.15) is 0 Å². The largest absolute Gasteiger partial charge is 1.00 e. The van der Waals surface area contributed by atoms with Gasteiger partial charge in [-0.25, -0.2) is 0 Å². The van der Waals surface area contributed by atoms with E-state index in [1.54, 1.807) is 34.3 Å². The van der Waals surface area contributed by atoms with Crippen LogP contribution in [0.1, 0.15) is 73.8 Å². The van der Waals surface area contributed by atoms with Crippen molar-refractivity contribution in [1.29, 1.82) is 0 Å². The summed E-state index contributed by atoms with van der Waals surface area (Å²) in [6.45, 7) is 14.1. The third-order valence-electron chi connectivity index (χ3n) is 7.04. The fourth-order valence-electron chi connectivity index (χ4n) is 5.09. The third kappa shape index (κ3) is 4.72. The molecule has 0 spiro atoms. The fourth-order valence-corrected chi connectivity index (χ4v) is 28.2. The number of fused-ring (bicyclic) bond motifs is 3. The third-order valence-corrected chi connectivity index (χ3v) is 27.3. The molecule has 1 saturated heterocycles. The van der Waals surface area contributed by atoms with Crippen LogP contribution in [-0.4, -0.2) is 5.43 Å². The molecular formula is C28H34Cl2SiZr. The molecule has 4 heteroatoms. The Morgan fingerprint density at radius 3 is 1.66 bits per heavy atom. The number of hydrogen-bond donors (Lipinski definition) is 0. The van der Waals surface area contributed by atoms with Gasteiger partial charge in [-0.05, 0) is 0 Å². The maximum atomic E-state index is 2.55. The van der Waals surface area contributed by atoms with Gasteiger partial charge in [-0.2, -0.15) is 0 Å². The van der Waals surface area contributed by atoms with E-state index in [9.17, 15) is 0 Å². The molecule has 0 amide bonds. The number of benzene rings is 2. The summed E-state index contributed by atoms with van der Waals surface area (Å²) in [5.41, 5.74) is 9.74. The van der Waals surface area contributed by atoms with Crippen molar-refractivity contribution in [1.82, 2.24) is 0 Å². The summed E-state index contributed by atoms with van der Waals surface area (Å²) in [4.78, 5) is 0. The Morgan fingerprint density at radius 2 is 1.28 bits per heavy atom. The molecule has 1 aliphatic heterocycles. The first kappa shape index (κ1) is 26.2. The van der Waals surface area contributed by atoms with E-state index < -0.39 is 20.4 Å². The van der Waals surface area contributed by atoms with Gasteiger partial charge in [0, 0.05) is 0 Å². The first-order chi connectivity index (χ1) is 14.1. The molecule has 0 atom stereocenters. The minimum absolute atomic E-state index is 0. The maximum Gasteiger partial charge on any atom is -1.00 e. The van der Waals surface area contributed by atoms with Crippen LogP contribution in [-0.2, 0) is 31.2 Å². The Labute approximate surface area is 215 Å². The molecule has 1 fully saturated rings. The topological polar surface area (TPSA) is 0 Å².